The van der Waals surface area contributed by atoms with Crippen molar-refractivity contribution in [2.45, 2.75) is 13.8 Å². The monoisotopic (exact) mass is 301 g/mol. The molecule has 0 atom stereocenters. The van der Waals surface area contributed by atoms with Crippen LogP contribution in [-0.2, 0) is 4.74 Å². The smallest absolute Gasteiger partial charge is 0.350 e. The first-order valence-electron chi connectivity index (χ1n) is 5.36. The molecule has 0 bridgehead atoms. The van der Waals surface area contributed by atoms with E-state index in [0.29, 0.717) is 21.5 Å². The molecule has 0 saturated carbocycles. The van der Waals surface area contributed by atoms with Crippen molar-refractivity contribution in [1.82, 2.24) is 0 Å². The van der Waals surface area contributed by atoms with Gasteiger partial charge in [-0.3, -0.25) is 0 Å². The standard InChI is InChI=1S/C12H12ClNO2S2/c1-3-16-12(15)11-9(14)6(2)10(18-11)7-4-5-8(13)17-7/h4-5H,3,14H2,1-2H3. The predicted octanol–water partition coefficient (Wildman–Crippen LogP) is 4.20. The molecule has 0 aromatic carbocycles. The van der Waals surface area contributed by atoms with Crippen LogP contribution in [0.3, 0.4) is 0 Å². The van der Waals surface area contributed by atoms with Crippen molar-refractivity contribution in [3.63, 3.8) is 0 Å². The molecule has 2 rings (SSSR count). The lowest BCUT2D eigenvalue weighted by atomic mass is 10.2. The summed E-state index contributed by atoms with van der Waals surface area (Å²) >= 11 is 8.74. The van der Waals surface area contributed by atoms with Crippen LogP contribution in [-0.4, -0.2) is 12.6 Å². The summed E-state index contributed by atoms with van der Waals surface area (Å²) in [5.74, 6) is -0.364. The minimum atomic E-state index is -0.364. The molecule has 0 saturated heterocycles. The Balaban J connectivity index is 2.45. The van der Waals surface area contributed by atoms with Crippen molar-refractivity contribution in [1.29, 1.82) is 0 Å². The van der Waals surface area contributed by atoms with Gasteiger partial charge >= 0.3 is 5.97 Å². The van der Waals surface area contributed by atoms with Gasteiger partial charge in [0.2, 0.25) is 0 Å². The van der Waals surface area contributed by atoms with E-state index < -0.39 is 0 Å². The van der Waals surface area contributed by atoms with Crippen molar-refractivity contribution in [2.75, 3.05) is 12.3 Å². The first kappa shape index (κ1) is 13.4. The van der Waals surface area contributed by atoms with Crippen LogP contribution in [0.1, 0.15) is 22.2 Å². The van der Waals surface area contributed by atoms with Gasteiger partial charge in [-0.25, -0.2) is 4.79 Å². The molecule has 2 aromatic rings. The average molecular weight is 302 g/mol. The van der Waals surface area contributed by atoms with Gasteiger partial charge in [0.15, 0.2) is 0 Å². The molecule has 18 heavy (non-hydrogen) atoms. The Morgan fingerprint density at radius 2 is 2.17 bits per heavy atom. The van der Waals surface area contributed by atoms with Crippen LogP contribution in [0.5, 0.6) is 0 Å². The number of rotatable bonds is 3. The van der Waals surface area contributed by atoms with Crippen molar-refractivity contribution < 1.29 is 9.53 Å². The average Bonchev–Trinajstić information content (AvgIpc) is 2.86. The molecule has 2 N–H and O–H groups in total. The Bertz CT molecular complexity index is 589. The zero-order valence-electron chi connectivity index (χ0n) is 9.95. The number of hydrogen-bond donors (Lipinski definition) is 1. The summed E-state index contributed by atoms with van der Waals surface area (Å²) in [6, 6.07) is 3.77. The number of esters is 1. The molecule has 0 radical (unpaired) electrons. The Hall–Kier alpha value is -1.04. The lowest BCUT2D eigenvalue weighted by molar-refractivity contribution is 0.0533. The van der Waals surface area contributed by atoms with Crippen molar-refractivity contribution in [2.24, 2.45) is 0 Å². The Morgan fingerprint density at radius 3 is 2.72 bits per heavy atom. The van der Waals surface area contributed by atoms with Crippen LogP contribution in [0.25, 0.3) is 9.75 Å². The van der Waals surface area contributed by atoms with E-state index in [-0.39, 0.29) is 5.97 Å². The van der Waals surface area contributed by atoms with E-state index in [2.05, 4.69) is 0 Å². The van der Waals surface area contributed by atoms with Crippen LogP contribution in [0.2, 0.25) is 4.34 Å². The van der Waals surface area contributed by atoms with Gasteiger partial charge < -0.3 is 10.5 Å². The molecule has 0 amide bonds. The molecule has 0 aliphatic heterocycles. The molecule has 96 valence electrons. The van der Waals surface area contributed by atoms with Gasteiger partial charge in [0.25, 0.3) is 0 Å². The number of hydrogen-bond acceptors (Lipinski definition) is 5. The van der Waals surface area contributed by atoms with Gasteiger partial charge in [-0.15, -0.1) is 22.7 Å². The van der Waals surface area contributed by atoms with E-state index in [0.717, 1.165) is 15.3 Å². The number of nitrogens with two attached hydrogens (primary N) is 1. The molecular formula is C12H12ClNO2S2. The highest BCUT2D eigenvalue weighted by atomic mass is 35.5. The van der Waals surface area contributed by atoms with E-state index in [1.165, 1.54) is 22.7 Å². The zero-order valence-corrected chi connectivity index (χ0v) is 12.3. The summed E-state index contributed by atoms with van der Waals surface area (Å²) in [6.45, 7) is 4.02. The first-order chi connectivity index (χ1) is 8.54. The lowest BCUT2D eigenvalue weighted by Gasteiger charge is -1.99. The predicted molar refractivity (Wildman–Crippen MR) is 77.7 cm³/mol. The second-order valence-electron chi connectivity index (χ2n) is 3.62. The maximum Gasteiger partial charge on any atom is 0.350 e. The van der Waals surface area contributed by atoms with Crippen molar-refractivity contribution >= 4 is 45.9 Å². The van der Waals surface area contributed by atoms with Crippen LogP contribution in [0, 0.1) is 6.92 Å². The fraction of sp³-hybridized carbons (Fsp3) is 0.250. The maximum atomic E-state index is 11.8. The van der Waals surface area contributed by atoms with Crippen LogP contribution < -0.4 is 5.73 Å². The highest BCUT2D eigenvalue weighted by molar-refractivity contribution is 7.25. The Morgan fingerprint density at radius 1 is 1.44 bits per heavy atom. The molecule has 0 unspecified atom stereocenters. The molecule has 0 fully saturated rings. The third-order valence-electron chi connectivity index (χ3n) is 2.45. The summed E-state index contributed by atoms with van der Waals surface area (Å²) in [5, 5.41) is 0. The van der Waals surface area contributed by atoms with Gasteiger partial charge in [-0.1, -0.05) is 11.6 Å². The quantitative estimate of drug-likeness (QED) is 0.865. The third-order valence-corrected chi connectivity index (χ3v) is 5.15. The summed E-state index contributed by atoms with van der Waals surface area (Å²) in [4.78, 5) is 14.2. The Labute approximate surface area is 118 Å². The largest absolute Gasteiger partial charge is 0.462 e. The van der Waals surface area contributed by atoms with Gasteiger partial charge in [0.05, 0.1) is 21.5 Å². The van der Waals surface area contributed by atoms with Gasteiger partial charge in [0.1, 0.15) is 4.88 Å². The van der Waals surface area contributed by atoms with E-state index in [4.69, 9.17) is 22.1 Å². The normalized spacial score (nSPS) is 10.6. The third kappa shape index (κ3) is 2.39. The molecule has 0 aliphatic carbocycles. The minimum Gasteiger partial charge on any atom is -0.462 e. The molecule has 6 heteroatoms. The zero-order chi connectivity index (χ0) is 13.3. The number of carbonyl (C=O) groups excluding carboxylic acids is 1. The van der Waals surface area contributed by atoms with Crippen LogP contribution in [0.15, 0.2) is 12.1 Å². The van der Waals surface area contributed by atoms with Gasteiger partial charge in [-0.2, -0.15) is 0 Å². The van der Waals surface area contributed by atoms with Gasteiger partial charge in [-0.05, 0) is 31.5 Å². The number of ether oxygens (including phenoxy) is 1. The highest BCUT2D eigenvalue weighted by Crippen LogP contribution is 2.42. The molecule has 0 spiro atoms. The highest BCUT2D eigenvalue weighted by Gasteiger charge is 2.21. The van der Waals surface area contributed by atoms with E-state index in [1.54, 1.807) is 6.92 Å². The number of anilines is 1. The molecule has 2 aromatic heterocycles. The van der Waals surface area contributed by atoms with E-state index >= 15 is 0 Å². The summed E-state index contributed by atoms with van der Waals surface area (Å²) in [5.41, 5.74) is 7.36. The lowest BCUT2D eigenvalue weighted by Crippen LogP contribution is -2.05. The number of nitrogen functional groups attached to an aromatic ring is 1. The minimum absolute atomic E-state index is 0.343. The second-order valence-corrected chi connectivity index (χ2v) is 6.36. The summed E-state index contributed by atoms with van der Waals surface area (Å²) in [7, 11) is 0. The number of carbonyl (C=O) groups is 1. The number of thiophene rings is 2. The fourth-order valence-corrected chi connectivity index (χ4v) is 3.88. The van der Waals surface area contributed by atoms with Crippen LogP contribution >= 0.6 is 34.3 Å². The molecule has 2 heterocycles. The second kappa shape index (κ2) is 5.30. The maximum absolute atomic E-state index is 11.8. The summed E-state index contributed by atoms with van der Waals surface area (Å²) < 4.78 is 5.70. The SMILES string of the molecule is CCOC(=O)c1sc(-c2ccc(Cl)s2)c(C)c1N. The number of halogens is 1. The molecule has 3 nitrogen and oxygen atoms in total. The first-order valence-corrected chi connectivity index (χ1v) is 7.37. The molecule has 0 aliphatic rings. The van der Waals surface area contributed by atoms with Gasteiger partial charge in [0, 0.05) is 4.88 Å². The van der Waals surface area contributed by atoms with E-state index in [9.17, 15) is 4.79 Å². The fourth-order valence-electron chi connectivity index (χ4n) is 1.55. The van der Waals surface area contributed by atoms with Crippen LogP contribution in [0.4, 0.5) is 5.69 Å². The molecular weight excluding hydrogens is 290 g/mol. The van der Waals surface area contributed by atoms with Crippen molar-refractivity contribution in [3.05, 3.63) is 26.9 Å². The van der Waals surface area contributed by atoms with Crippen molar-refractivity contribution in [3.8, 4) is 9.75 Å². The topological polar surface area (TPSA) is 52.3 Å². The Kier molecular flexibility index (Phi) is 3.94. The summed E-state index contributed by atoms with van der Waals surface area (Å²) in [6.07, 6.45) is 0. The van der Waals surface area contributed by atoms with E-state index in [1.807, 2.05) is 19.1 Å².